The Balaban J connectivity index is 1.98. The van der Waals surface area contributed by atoms with Gasteiger partial charge in [0.15, 0.2) is 0 Å². The first kappa shape index (κ1) is 18.6. The summed E-state index contributed by atoms with van der Waals surface area (Å²) in [5.74, 6) is 0.448. The number of carbonyl (C=O) groups is 4. The summed E-state index contributed by atoms with van der Waals surface area (Å²) in [7, 11) is 0. The molecule has 1 saturated heterocycles. The molecule has 0 saturated carbocycles. The molecule has 3 rings (SSSR count). The Morgan fingerprint density at radius 2 is 2.00 bits per heavy atom. The lowest BCUT2D eigenvalue weighted by Crippen LogP contribution is -2.54. The van der Waals surface area contributed by atoms with Gasteiger partial charge in [0.1, 0.15) is 6.04 Å². The summed E-state index contributed by atoms with van der Waals surface area (Å²) in [4.78, 5) is 52.3. The van der Waals surface area contributed by atoms with Crippen LogP contribution < -0.4 is 16.0 Å². The van der Waals surface area contributed by atoms with E-state index >= 15 is 0 Å². The van der Waals surface area contributed by atoms with Crippen molar-refractivity contribution >= 4 is 29.3 Å². The first-order valence-electron chi connectivity index (χ1n) is 8.72. The largest absolute Gasteiger partial charge is 0.369 e. The van der Waals surface area contributed by atoms with Crippen LogP contribution in [-0.4, -0.2) is 54.2 Å². The van der Waals surface area contributed by atoms with E-state index in [9.17, 15) is 19.2 Å². The standard InChI is InChI=1S/C19H20N4O4/c1-2-3-10-22(11-9-20)13-6-4-5-12-16(13)19(27)23(18(12)26)14-7-8-15(24)21-17(14)25/h1,4-6,14H,3,7-11,20H2,(H,21,24,25). The van der Waals surface area contributed by atoms with Crippen LogP contribution in [0.4, 0.5) is 5.69 Å². The highest BCUT2D eigenvalue weighted by Crippen LogP contribution is 2.34. The Morgan fingerprint density at radius 1 is 1.22 bits per heavy atom. The van der Waals surface area contributed by atoms with Crippen LogP contribution in [-0.2, 0) is 9.59 Å². The topological polar surface area (TPSA) is 113 Å². The summed E-state index contributed by atoms with van der Waals surface area (Å²) in [6.07, 6.45) is 6.01. The molecule has 2 aliphatic rings. The molecule has 1 aromatic carbocycles. The van der Waals surface area contributed by atoms with Crippen molar-refractivity contribution in [3.05, 3.63) is 29.3 Å². The molecule has 4 amide bonds. The molecule has 27 heavy (non-hydrogen) atoms. The summed E-state index contributed by atoms with van der Waals surface area (Å²) in [5.41, 5.74) is 6.74. The van der Waals surface area contributed by atoms with E-state index < -0.39 is 29.7 Å². The zero-order chi connectivity index (χ0) is 19.6. The van der Waals surface area contributed by atoms with E-state index in [1.54, 1.807) is 18.2 Å². The van der Waals surface area contributed by atoms with Crippen molar-refractivity contribution in [2.75, 3.05) is 24.5 Å². The van der Waals surface area contributed by atoms with Gasteiger partial charge in [-0.15, -0.1) is 12.3 Å². The highest BCUT2D eigenvalue weighted by atomic mass is 16.2. The maximum atomic E-state index is 13.1. The highest BCUT2D eigenvalue weighted by Gasteiger charge is 2.45. The maximum Gasteiger partial charge on any atom is 0.264 e. The molecule has 3 N–H and O–H groups in total. The van der Waals surface area contributed by atoms with Crippen molar-refractivity contribution in [3.8, 4) is 12.3 Å². The van der Waals surface area contributed by atoms with Crippen molar-refractivity contribution in [3.63, 3.8) is 0 Å². The van der Waals surface area contributed by atoms with Crippen LogP contribution >= 0.6 is 0 Å². The van der Waals surface area contributed by atoms with Gasteiger partial charge in [-0.1, -0.05) is 6.07 Å². The third kappa shape index (κ3) is 3.29. The monoisotopic (exact) mass is 368 g/mol. The fourth-order valence-electron chi connectivity index (χ4n) is 3.47. The summed E-state index contributed by atoms with van der Waals surface area (Å²) < 4.78 is 0. The fraction of sp³-hybridized carbons (Fsp3) is 0.368. The van der Waals surface area contributed by atoms with Crippen LogP contribution in [0.2, 0.25) is 0 Å². The molecule has 8 heteroatoms. The Labute approximate surface area is 156 Å². The van der Waals surface area contributed by atoms with Crippen LogP contribution in [0.5, 0.6) is 0 Å². The molecule has 0 bridgehead atoms. The van der Waals surface area contributed by atoms with Gasteiger partial charge in [-0.05, 0) is 18.6 Å². The second-order valence-electron chi connectivity index (χ2n) is 6.38. The van der Waals surface area contributed by atoms with Crippen molar-refractivity contribution in [1.29, 1.82) is 0 Å². The van der Waals surface area contributed by atoms with Crippen molar-refractivity contribution in [2.45, 2.75) is 25.3 Å². The number of piperidine rings is 1. The second kappa shape index (κ2) is 7.60. The van der Waals surface area contributed by atoms with Gasteiger partial charge in [0, 0.05) is 32.5 Å². The molecular weight excluding hydrogens is 348 g/mol. The molecule has 0 aliphatic carbocycles. The number of hydrogen-bond donors (Lipinski definition) is 2. The molecule has 2 heterocycles. The molecule has 1 unspecified atom stereocenters. The average molecular weight is 368 g/mol. The van der Waals surface area contributed by atoms with Gasteiger partial charge in [0.2, 0.25) is 11.8 Å². The zero-order valence-electron chi connectivity index (χ0n) is 14.7. The quantitative estimate of drug-likeness (QED) is 0.535. The summed E-state index contributed by atoms with van der Waals surface area (Å²) in [6, 6.07) is 4.00. The van der Waals surface area contributed by atoms with E-state index in [0.29, 0.717) is 31.7 Å². The number of carbonyl (C=O) groups excluding carboxylic acids is 4. The van der Waals surface area contributed by atoms with Gasteiger partial charge in [-0.3, -0.25) is 29.4 Å². The van der Waals surface area contributed by atoms with Crippen molar-refractivity contribution in [2.24, 2.45) is 5.73 Å². The smallest absolute Gasteiger partial charge is 0.264 e. The summed E-state index contributed by atoms with van der Waals surface area (Å²) in [5, 5.41) is 2.19. The molecule has 1 aromatic rings. The number of nitrogens with one attached hydrogen (secondary N) is 1. The number of rotatable bonds is 6. The number of hydrogen-bond acceptors (Lipinski definition) is 6. The van der Waals surface area contributed by atoms with Crippen LogP contribution in [0.3, 0.4) is 0 Å². The highest BCUT2D eigenvalue weighted by molar-refractivity contribution is 6.25. The molecule has 2 aliphatic heterocycles. The Morgan fingerprint density at radius 3 is 2.67 bits per heavy atom. The number of benzene rings is 1. The van der Waals surface area contributed by atoms with Gasteiger partial charge in [-0.25, -0.2) is 0 Å². The fourth-order valence-corrected chi connectivity index (χ4v) is 3.47. The molecular formula is C19H20N4O4. The van der Waals surface area contributed by atoms with Crippen molar-refractivity contribution < 1.29 is 19.2 Å². The Hall–Kier alpha value is -3.18. The number of nitrogens with zero attached hydrogens (tertiary/aromatic N) is 2. The zero-order valence-corrected chi connectivity index (χ0v) is 14.7. The summed E-state index contributed by atoms with van der Waals surface area (Å²) in [6.45, 7) is 1.31. The van der Waals surface area contributed by atoms with E-state index in [2.05, 4.69) is 11.2 Å². The number of amides is 4. The molecule has 1 atom stereocenters. The third-order valence-electron chi connectivity index (χ3n) is 4.71. The van der Waals surface area contributed by atoms with E-state index in [0.717, 1.165) is 4.90 Å². The Kier molecular flexibility index (Phi) is 5.23. The molecule has 140 valence electrons. The predicted octanol–water partition coefficient (Wildman–Crippen LogP) is -0.124. The first-order valence-corrected chi connectivity index (χ1v) is 8.72. The van der Waals surface area contributed by atoms with Gasteiger partial charge >= 0.3 is 0 Å². The van der Waals surface area contributed by atoms with E-state index in [-0.39, 0.29) is 24.0 Å². The minimum Gasteiger partial charge on any atom is -0.369 e. The molecule has 0 radical (unpaired) electrons. The Bertz CT molecular complexity index is 858. The van der Waals surface area contributed by atoms with Gasteiger partial charge in [0.05, 0.1) is 16.8 Å². The van der Waals surface area contributed by atoms with Gasteiger partial charge < -0.3 is 10.6 Å². The minimum absolute atomic E-state index is 0.0815. The molecule has 8 nitrogen and oxygen atoms in total. The number of anilines is 1. The van der Waals surface area contributed by atoms with E-state index in [1.165, 1.54) is 0 Å². The number of imide groups is 2. The van der Waals surface area contributed by atoms with Gasteiger partial charge in [-0.2, -0.15) is 0 Å². The SMILES string of the molecule is C#CCCN(CCN)c1cccc2c1C(=O)N(C1CCC(=O)NC1=O)C2=O. The van der Waals surface area contributed by atoms with Crippen LogP contribution in [0.25, 0.3) is 0 Å². The second-order valence-corrected chi connectivity index (χ2v) is 6.38. The number of nitrogens with two attached hydrogens (primary N) is 1. The lowest BCUT2D eigenvalue weighted by Gasteiger charge is -2.28. The number of terminal acetylenes is 1. The minimum atomic E-state index is -0.989. The predicted molar refractivity (Wildman–Crippen MR) is 97.8 cm³/mol. The number of fused-ring (bicyclic) bond motifs is 1. The van der Waals surface area contributed by atoms with E-state index in [4.69, 9.17) is 12.2 Å². The van der Waals surface area contributed by atoms with Crippen LogP contribution in [0.1, 0.15) is 40.0 Å². The van der Waals surface area contributed by atoms with Crippen LogP contribution in [0, 0.1) is 12.3 Å². The maximum absolute atomic E-state index is 13.1. The third-order valence-corrected chi connectivity index (χ3v) is 4.71. The lowest BCUT2D eigenvalue weighted by atomic mass is 10.0. The van der Waals surface area contributed by atoms with E-state index in [1.807, 2.05) is 4.90 Å². The summed E-state index contributed by atoms with van der Waals surface area (Å²) >= 11 is 0. The normalized spacial score (nSPS) is 19.0. The van der Waals surface area contributed by atoms with Crippen molar-refractivity contribution in [1.82, 2.24) is 10.2 Å². The molecule has 0 aromatic heterocycles. The lowest BCUT2D eigenvalue weighted by molar-refractivity contribution is -0.136. The molecule has 1 fully saturated rings. The first-order chi connectivity index (χ1) is 13.0. The van der Waals surface area contributed by atoms with Crippen LogP contribution in [0.15, 0.2) is 18.2 Å². The molecule has 0 spiro atoms. The van der Waals surface area contributed by atoms with Gasteiger partial charge in [0.25, 0.3) is 11.8 Å². The average Bonchev–Trinajstić information content (AvgIpc) is 2.90.